The molecule has 0 saturated carbocycles. The van der Waals surface area contributed by atoms with Crippen LogP contribution in [0.5, 0.6) is 0 Å². The average molecular weight is 489 g/mol. The summed E-state index contributed by atoms with van der Waals surface area (Å²) in [5.74, 6) is 0.397. The Bertz CT molecular complexity index is 1470. The average Bonchev–Trinajstić information content (AvgIpc) is 3.49. The lowest BCUT2D eigenvalue weighted by molar-refractivity contribution is 0.00584. The minimum atomic E-state index is -0.567. The maximum absolute atomic E-state index is 13.7. The van der Waals surface area contributed by atoms with Crippen LogP contribution < -0.4 is 5.69 Å². The van der Waals surface area contributed by atoms with Crippen LogP contribution in [0.3, 0.4) is 0 Å². The molecule has 0 spiro atoms. The number of pyridine rings is 1. The summed E-state index contributed by atoms with van der Waals surface area (Å²) in [5.41, 5.74) is 3.25. The number of aryl methyl sites for hydroxylation is 1. The van der Waals surface area contributed by atoms with Crippen molar-refractivity contribution in [2.75, 3.05) is 13.1 Å². The van der Waals surface area contributed by atoms with Crippen molar-refractivity contribution in [3.8, 4) is 5.69 Å². The highest BCUT2D eigenvalue weighted by molar-refractivity contribution is 5.87. The third-order valence-electron chi connectivity index (χ3n) is 6.59. The van der Waals surface area contributed by atoms with Gasteiger partial charge in [0.15, 0.2) is 5.65 Å². The summed E-state index contributed by atoms with van der Waals surface area (Å²) in [5, 5.41) is 0. The summed E-state index contributed by atoms with van der Waals surface area (Å²) in [4.78, 5) is 37.5. The largest absolute Gasteiger partial charge is 0.455 e. The van der Waals surface area contributed by atoms with E-state index in [2.05, 4.69) is 14.9 Å². The maximum atomic E-state index is 13.7. The molecule has 4 aromatic rings. The second kappa shape index (κ2) is 9.05. The molecule has 1 unspecified atom stereocenters. The Morgan fingerprint density at radius 3 is 2.61 bits per heavy atom. The molecule has 1 aliphatic heterocycles. The number of carbonyl (C=O) groups is 1. The third-order valence-corrected chi connectivity index (χ3v) is 6.59. The van der Waals surface area contributed by atoms with Gasteiger partial charge in [-0.3, -0.25) is 14.0 Å². The van der Waals surface area contributed by atoms with E-state index in [0.717, 1.165) is 35.6 Å². The first-order valence-corrected chi connectivity index (χ1v) is 12.2. The quantitative estimate of drug-likeness (QED) is 0.399. The molecule has 188 valence electrons. The molecule has 1 aromatic carbocycles. The van der Waals surface area contributed by atoms with Crippen LogP contribution in [0.2, 0.25) is 0 Å². The standard InChI is InChI=1S/C27H32N6O3/c1-18-8-10-19(11-9-18)32-21-7-6-13-28-24(21)33(26(32)35)20-12-14-31(16-20)17-23-29-15-22(30(23)5)25(34)36-27(2,3)4/h6-11,13,15,20H,12,14,16-17H2,1-5H3. The molecule has 36 heavy (non-hydrogen) atoms. The van der Waals surface area contributed by atoms with Gasteiger partial charge in [0.1, 0.15) is 17.1 Å². The Kier molecular flexibility index (Phi) is 6.04. The van der Waals surface area contributed by atoms with Crippen molar-refractivity contribution >= 4 is 17.1 Å². The fourth-order valence-electron chi connectivity index (χ4n) is 4.80. The van der Waals surface area contributed by atoms with E-state index >= 15 is 0 Å². The zero-order valence-electron chi connectivity index (χ0n) is 21.4. The number of hydrogen-bond donors (Lipinski definition) is 0. The molecular formula is C27H32N6O3. The predicted molar refractivity (Wildman–Crippen MR) is 137 cm³/mol. The van der Waals surface area contributed by atoms with Gasteiger partial charge in [-0.2, -0.15) is 0 Å². The van der Waals surface area contributed by atoms with E-state index in [1.54, 1.807) is 21.5 Å². The molecule has 0 radical (unpaired) electrons. The first-order valence-electron chi connectivity index (χ1n) is 12.2. The van der Waals surface area contributed by atoms with E-state index in [1.807, 2.05) is 75.7 Å². The first kappa shape index (κ1) is 24.0. The van der Waals surface area contributed by atoms with E-state index in [4.69, 9.17) is 4.74 Å². The molecule has 4 heterocycles. The molecular weight excluding hydrogens is 456 g/mol. The van der Waals surface area contributed by atoms with E-state index < -0.39 is 5.60 Å². The molecule has 1 aliphatic rings. The molecule has 1 saturated heterocycles. The van der Waals surface area contributed by atoms with Gasteiger partial charge in [0.2, 0.25) is 0 Å². The van der Waals surface area contributed by atoms with Crippen LogP contribution in [-0.2, 0) is 18.3 Å². The molecule has 9 nitrogen and oxygen atoms in total. The van der Waals surface area contributed by atoms with Crippen LogP contribution in [0, 0.1) is 6.92 Å². The van der Waals surface area contributed by atoms with Crippen LogP contribution >= 0.6 is 0 Å². The molecule has 9 heteroatoms. The van der Waals surface area contributed by atoms with Crippen molar-refractivity contribution in [2.24, 2.45) is 7.05 Å². The monoisotopic (exact) mass is 488 g/mol. The first-order chi connectivity index (χ1) is 17.1. The second-order valence-electron chi connectivity index (χ2n) is 10.5. The Labute approximate surface area is 210 Å². The lowest BCUT2D eigenvalue weighted by Crippen LogP contribution is -2.29. The number of esters is 1. The lowest BCUT2D eigenvalue weighted by atomic mass is 10.2. The smallest absolute Gasteiger partial charge is 0.357 e. The van der Waals surface area contributed by atoms with Crippen LogP contribution in [0.4, 0.5) is 0 Å². The number of ether oxygens (including phenoxy) is 1. The van der Waals surface area contributed by atoms with E-state index in [-0.39, 0.29) is 17.7 Å². The van der Waals surface area contributed by atoms with Crippen molar-refractivity contribution in [3.63, 3.8) is 0 Å². The fraction of sp³-hybridized carbons (Fsp3) is 0.407. The van der Waals surface area contributed by atoms with Crippen molar-refractivity contribution in [2.45, 2.75) is 52.3 Å². The lowest BCUT2D eigenvalue weighted by Gasteiger charge is -2.20. The van der Waals surface area contributed by atoms with Crippen molar-refractivity contribution in [1.82, 2.24) is 28.6 Å². The van der Waals surface area contributed by atoms with E-state index in [0.29, 0.717) is 24.4 Å². The molecule has 0 N–H and O–H groups in total. The third kappa shape index (κ3) is 4.46. The van der Waals surface area contributed by atoms with Gasteiger partial charge in [-0.25, -0.2) is 19.6 Å². The number of likely N-dealkylation sites (tertiary alicyclic amines) is 1. The number of imidazole rings is 2. The zero-order valence-corrected chi connectivity index (χ0v) is 21.4. The maximum Gasteiger partial charge on any atom is 0.357 e. The van der Waals surface area contributed by atoms with Crippen LogP contribution in [0.15, 0.2) is 53.6 Å². The minimum absolute atomic E-state index is 0.00723. The summed E-state index contributed by atoms with van der Waals surface area (Å²) in [6, 6.07) is 11.8. The molecule has 3 aromatic heterocycles. The number of hydrogen-bond acceptors (Lipinski definition) is 6. The van der Waals surface area contributed by atoms with E-state index in [1.165, 1.54) is 0 Å². The molecule has 1 fully saturated rings. The summed E-state index contributed by atoms with van der Waals surface area (Å²) in [7, 11) is 1.83. The number of carbonyl (C=O) groups excluding carboxylic acids is 1. The SMILES string of the molecule is Cc1ccc(-n2c(=O)n(C3CCN(Cc4ncc(C(=O)OC(C)(C)C)n4C)C3)c3ncccc32)cc1. The van der Waals surface area contributed by atoms with Gasteiger partial charge >= 0.3 is 11.7 Å². The van der Waals surface area contributed by atoms with Crippen molar-refractivity contribution < 1.29 is 9.53 Å². The molecule has 1 atom stereocenters. The highest BCUT2D eigenvalue weighted by Crippen LogP contribution is 2.26. The van der Waals surface area contributed by atoms with Crippen LogP contribution in [0.25, 0.3) is 16.9 Å². The Morgan fingerprint density at radius 1 is 1.14 bits per heavy atom. The number of aromatic nitrogens is 5. The summed E-state index contributed by atoms with van der Waals surface area (Å²) in [6.45, 7) is 9.66. The van der Waals surface area contributed by atoms with Crippen molar-refractivity contribution in [3.05, 3.63) is 76.4 Å². The Balaban J connectivity index is 1.39. The van der Waals surface area contributed by atoms with Gasteiger partial charge in [0.25, 0.3) is 0 Å². The van der Waals surface area contributed by atoms with E-state index in [9.17, 15) is 9.59 Å². The minimum Gasteiger partial charge on any atom is -0.455 e. The summed E-state index contributed by atoms with van der Waals surface area (Å²) >= 11 is 0. The second-order valence-corrected chi connectivity index (χ2v) is 10.5. The fourth-order valence-corrected chi connectivity index (χ4v) is 4.80. The number of rotatable bonds is 5. The van der Waals surface area contributed by atoms with Gasteiger partial charge in [-0.15, -0.1) is 0 Å². The Morgan fingerprint density at radius 2 is 1.89 bits per heavy atom. The van der Waals surface area contributed by atoms with Gasteiger partial charge in [0.05, 0.1) is 30.0 Å². The summed E-state index contributed by atoms with van der Waals surface area (Å²) < 4.78 is 10.9. The molecule has 0 amide bonds. The number of fused-ring (bicyclic) bond motifs is 1. The topological polar surface area (TPSA) is 87.2 Å². The van der Waals surface area contributed by atoms with Gasteiger partial charge in [0, 0.05) is 26.3 Å². The van der Waals surface area contributed by atoms with Crippen LogP contribution in [-0.4, -0.2) is 53.2 Å². The highest BCUT2D eigenvalue weighted by atomic mass is 16.6. The van der Waals surface area contributed by atoms with Gasteiger partial charge < -0.3 is 9.30 Å². The Hall–Kier alpha value is -3.72. The zero-order chi connectivity index (χ0) is 25.6. The highest BCUT2D eigenvalue weighted by Gasteiger charge is 2.30. The molecule has 5 rings (SSSR count). The predicted octanol–water partition coefficient (Wildman–Crippen LogP) is 3.63. The number of benzene rings is 1. The molecule has 0 aliphatic carbocycles. The van der Waals surface area contributed by atoms with Crippen molar-refractivity contribution in [1.29, 1.82) is 0 Å². The van der Waals surface area contributed by atoms with Gasteiger partial charge in [-0.1, -0.05) is 17.7 Å². The summed E-state index contributed by atoms with van der Waals surface area (Å²) in [6.07, 6.45) is 4.13. The molecule has 0 bridgehead atoms. The number of nitrogens with zero attached hydrogens (tertiary/aromatic N) is 6. The van der Waals surface area contributed by atoms with Gasteiger partial charge in [-0.05, 0) is 58.4 Å². The normalized spacial score (nSPS) is 16.6. The van der Waals surface area contributed by atoms with Crippen LogP contribution in [0.1, 0.15) is 55.1 Å².